The van der Waals surface area contributed by atoms with Crippen molar-refractivity contribution < 1.29 is 4.74 Å². The zero-order valence-electron chi connectivity index (χ0n) is 9.89. The standard InChI is InChI=1S/C14H16N2O/c1-11-5-4-7-13(14(11)15)17-10-8-12-6-2-3-9-16-12/h2-7,9H,8,10,15H2,1H3. The van der Waals surface area contributed by atoms with E-state index in [0.29, 0.717) is 12.3 Å². The van der Waals surface area contributed by atoms with Crippen LogP contribution in [0.1, 0.15) is 11.3 Å². The van der Waals surface area contributed by atoms with E-state index in [-0.39, 0.29) is 0 Å². The van der Waals surface area contributed by atoms with Crippen LogP contribution < -0.4 is 10.5 Å². The van der Waals surface area contributed by atoms with Crippen LogP contribution in [-0.2, 0) is 6.42 Å². The number of hydrogen-bond donors (Lipinski definition) is 1. The van der Waals surface area contributed by atoms with E-state index < -0.39 is 0 Å². The Morgan fingerprint density at radius 3 is 2.82 bits per heavy atom. The minimum atomic E-state index is 0.588. The van der Waals surface area contributed by atoms with Gasteiger partial charge < -0.3 is 10.5 Å². The van der Waals surface area contributed by atoms with Gasteiger partial charge in [-0.2, -0.15) is 0 Å². The number of anilines is 1. The molecule has 2 N–H and O–H groups in total. The van der Waals surface area contributed by atoms with E-state index in [1.54, 1.807) is 6.20 Å². The highest BCUT2D eigenvalue weighted by Gasteiger charge is 2.02. The van der Waals surface area contributed by atoms with Crippen LogP contribution in [0.2, 0.25) is 0 Å². The monoisotopic (exact) mass is 228 g/mol. The highest BCUT2D eigenvalue weighted by molar-refractivity contribution is 5.57. The van der Waals surface area contributed by atoms with Crippen LogP contribution in [-0.4, -0.2) is 11.6 Å². The van der Waals surface area contributed by atoms with Gasteiger partial charge in [0.25, 0.3) is 0 Å². The second kappa shape index (κ2) is 5.34. The zero-order chi connectivity index (χ0) is 12.1. The summed E-state index contributed by atoms with van der Waals surface area (Å²) in [7, 11) is 0. The van der Waals surface area contributed by atoms with E-state index in [4.69, 9.17) is 10.5 Å². The predicted molar refractivity (Wildman–Crippen MR) is 69.0 cm³/mol. The lowest BCUT2D eigenvalue weighted by atomic mass is 10.2. The lowest BCUT2D eigenvalue weighted by molar-refractivity contribution is 0.322. The SMILES string of the molecule is Cc1cccc(OCCc2ccccn2)c1N. The van der Waals surface area contributed by atoms with Crippen molar-refractivity contribution in [3.8, 4) is 5.75 Å². The number of ether oxygens (including phenoxy) is 1. The first-order valence-corrected chi connectivity index (χ1v) is 5.65. The van der Waals surface area contributed by atoms with E-state index in [1.165, 1.54) is 0 Å². The number of hydrogen-bond acceptors (Lipinski definition) is 3. The van der Waals surface area contributed by atoms with Gasteiger partial charge in [0.15, 0.2) is 0 Å². The second-order valence-electron chi connectivity index (χ2n) is 3.91. The van der Waals surface area contributed by atoms with Crippen LogP contribution in [0.25, 0.3) is 0 Å². The maximum absolute atomic E-state index is 5.92. The zero-order valence-corrected chi connectivity index (χ0v) is 9.89. The molecule has 88 valence electrons. The molecule has 0 amide bonds. The molecule has 0 saturated heterocycles. The fraction of sp³-hybridized carbons (Fsp3) is 0.214. The Hall–Kier alpha value is -2.03. The van der Waals surface area contributed by atoms with Crippen molar-refractivity contribution in [3.05, 3.63) is 53.9 Å². The number of nitrogens with zero attached hydrogens (tertiary/aromatic N) is 1. The van der Waals surface area contributed by atoms with Gasteiger partial charge in [0.1, 0.15) is 5.75 Å². The minimum absolute atomic E-state index is 0.588. The van der Waals surface area contributed by atoms with E-state index >= 15 is 0 Å². The second-order valence-corrected chi connectivity index (χ2v) is 3.91. The number of nitrogens with two attached hydrogens (primary N) is 1. The molecule has 0 atom stereocenters. The Morgan fingerprint density at radius 2 is 2.06 bits per heavy atom. The molecule has 0 spiro atoms. The molecule has 2 rings (SSSR count). The molecule has 0 unspecified atom stereocenters. The molecule has 0 bridgehead atoms. The van der Waals surface area contributed by atoms with Gasteiger partial charge in [0.2, 0.25) is 0 Å². The molecular weight excluding hydrogens is 212 g/mol. The Kier molecular flexibility index (Phi) is 3.60. The number of pyridine rings is 1. The van der Waals surface area contributed by atoms with Crippen molar-refractivity contribution in [1.82, 2.24) is 4.98 Å². The number of benzene rings is 1. The summed E-state index contributed by atoms with van der Waals surface area (Å²) in [5, 5.41) is 0. The molecule has 3 nitrogen and oxygen atoms in total. The maximum atomic E-state index is 5.92. The van der Waals surface area contributed by atoms with Crippen molar-refractivity contribution in [2.24, 2.45) is 0 Å². The molecule has 1 heterocycles. The number of aromatic nitrogens is 1. The molecule has 3 heteroatoms. The van der Waals surface area contributed by atoms with E-state index in [2.05, 4.69) is 4.98 Å². The van der Waals surface area contributed by atoms with Crippen molar-refractivity contribution in [2.45, 2.75) is 13.3 Å². The predicted octanol–water partition coefficient (Wildman–Crippen LogP) is 2.59. The van der Waals surface area contributed by atoms with Gasteiger partial charge in [-0.25, -0.2) is 0 Å². The third-order valence-electron chi connectivity index (χ3n) is 2.63. The molecule has 17 heavy (non-hydrogen) atoms. The smallest absolute Gasteiger partial charge is 0.142 e. The van der Waals surface area contributed by atoms with Gasteiger partial charge in [-0.15, -0.1) is 0 Å². The Balaban J connectivity index is 1.93. The molecule has 0 radical (unpaired) electrons. The first-order valence-electron chi connectivity index (χ1n) is 5.65. The first kappa shape index (κ1) is 11.5. The van der Waals surface area contributed by atoms with Crippen molar-refractivity contribution in [2.75, 3.05) is 12.3 Å². The van der Waals surface area contributed by atoms with Gasteiger partial charge in [-0.3, -0.25) is 4.98 Å². The molecule has 2 aromatic rings. The van der Waals surface area contributed by atoms with Crippen LogP contribution in [0.15, 0.2) is 42.6 Å². The number of rotatable bonds is 4. The summed E-state index contributed by atoms with van der Waals surface area (Å²) >= 11 is 0. The quantitative estimate of drug-likeness (QED) is 0.818. The Labute approximate surface area is 101 Å². The third kappa shape index (κ3) is 2.97. The largest absolute Gasteiger partial charge is 0.491 e. The molecule has 1 aromatic heterocycles. The minimum Gasteiger partial charge on any atom is -0.491 e. The van der Waals surface area contributed by atoms with Crippen LogP contribution in [0, 0.1) is 6.92 Å². The normalized spacial score (nSPS) is 10.2. The summed E-state index contributed by atoms with van der Waals surface area (Å²) in [5.41, 5.74) is 8.71. The topological polar surface area (TPSA) is 48.1 Å². The average Bonchev–Trinajstić information content (AvgIpc) is 2.36. The van der Waals surface area contributed by atoms with Gasteiger partial charge in [-0.05, 0) is 30.7 Å². The van der Waals surface area contributed by atoms with Crippen LogP contribution in [0.3, 0.4) is 0 Å². The number of aryl methyl sites for hydroxylation is 1. The van der Waals surface area contributed by atoms with Crippen LogP contribution >= 0.6 is 0 Å². The summed E-state index contributed by atoms with van der Waals surface area (Å²) in [6.45, 7) is 2.56. The summed E-state index contributed by atoms with van der Waals surface area (Å²) < 4.78 is 5.66. The van der Waals surface area contributed by atoms with Crippen LogP contribution in [0.5, 0.6) is 5.75 Å². The summed E-state index contributed by atoms with van der Waals surface area (Å²) in [4.78, 5) is 4.24. The summed E-state index contributed by atoms with van der Waals surface area (Å²) in [6.07, 6.45) is 2.57. The molecule has 0 aliphatic carbocycles. The third-order valence-corrected chi connectivity index (χ3v) is 2.63. The van der Waals surface area contributed by atoms with Crippen molar-refractivity contribution in [3.63, 3.8) is 0 Å². The number of nitrogen functional groups attached to an aromatic ring is 1. The van der Waals surface area contributed by atoms with Crippen molar-refractivity contribution in [1.29, 1.82) is 0 Å². The lowest BCUT2D eigenvalue weighted by Gasteiger charge is -2.10. The number of para-hydroxylation sites is 1. The average molecular weight is 228 g/mol. The Morgan fingerprint density at radius 1 is 1.18 bits per heavy atom. The molecule has 0 aliphatic heterocycles. The van der Waals surface area contributed by atoms with Gasteiger partial charge in [-0.1, -0.05) is 18.2 Å². The van der Waals surface area contributed by atoms with Crippen molar-refractivity contribution >= 4 is 5.69 Å². The highest BCUT2D eigenvalue weighted by atomic mass is 16.5. The fourth-order valence-electron chi connectivity index (χ4n) is 1.59. The molecule has 0 fully saturated rings. The Bertz CT molecular complexity index is 483. The highest BCUT2D eigenvalue weighted by Crippen LogP contribution is 2.24. The van der Waals surface area contributed by atoms with Crippen LogP contribution in [0.4, 0.5) is 5.69 Å². The summed E-state index contributed by atoms with van der Waals surface area (Å²) in [6, 6.07) is 11.7. The maximum Gasteiger partial charge on any atom is 0.142 e. The van der Waals surface area contributed by atoms with E-state index in [1.807, 2.05) is 43.3 Å². The van der Waals surface area contributed by atoms with E-state index in [9.17, 15) is 0 Å². The molecule has 0 aliphatic rings. The molecule has 1 aromatic carbocycles. The summed E-state index contributed by atoms with van der Waals surface area (Å²) in [5.74, 6) is 0.751. The van der Waals surface area contributed by atoms with Gasteiger partial charge in [0, 0.05) is 18.3 Å². The first-order chi connectivity index (χ1) is 8.27. The van der Waals surface area contributed by atoms with E-state index in [0.717, 1.165) is 23.4 Å². The molecule has 0 saturated carbocycles. The van der Waals surface area contributed by atoms with Gasteiger partial charge >= 0.3 is 0 Å². The fourth-order valence-corrected chi connectivity index (χ4v) is 1.59. The lowest BCUT2D eigenvalue weighted by Crippen LogP contribution is -2.05. The van der Waals surface area contributed by atoms with Gasteiger partial charge in [0.05, 0.1) is 12.3 Å². The molecular formula is C14H16N2O.